The third kappa shape index (κ3) is 5.47. The summed E-state index contributed by atoms with van der Waals surface area (Å²) in [5, 5.41) is 10.5. The van der Waals surface area contributed by atoms with Gasteiger partial charge in [0.1, 0.15) is 22.5 Å². The van der Waals surface area contributed by atoms with Gasteiger partial charge >= 0.3 is 0 Å². The number of H-pyrrole nitrogens is 2. The summed E-state index contributed by atoms with van der Waals surface area (Å²) < 4.78 is 38.7. The normalized spacial score (nSPS) is 12.7. The third-order valence-electron chi connectivity index (χ3n) is 7.08. The summed E-state index contributed by atoms with van der Waals surface area (Å²) in [7, 11) is -3.64. The van der Waals surface area contributed by atoms with E-state index in [4.69, 9.17) is 5.73 Å². The Kier molecular flexibility index (Phi) is 6.98. The van der Waals surface area contributed by atoms with E-state index in [1.807, 2.05) is 32.0 Å². The number of aromatic amines is 2. The van der Waals surface area contributed by atoms with E-state index in [0.29, 0.717) is 56.0 Å². The Labute approximate surface area is 245 Å². The highest BCUT2D eigenvalue weighted by atomic mass is 32.2. The Morgan fingerprint density at radius 2 is 1.81 bits per heavy atom. The van der Waals surface area contributed by atoms with Crippen LogP contribution in [-0.2, 0) is 14.6 Å². The van der Waals surface area contributed by atoms with Gasteiger partial charge in [-0.15, -0.1) is 0 Å². The van der Waals surface area contributed by atoms with Crippen molar-refractivity contribution in [3.8, 4) is 33.8 Å². The van der Waals surface area contributed by atoms with Gasteiger partial charge in [0.15, 0.2) is 9.84 Å². The lowest BCUT2D eigenvalue weighted by Crippen LogP contribution is -2.20. The van der Waals surface area contributed by atoms with Crippen molar-refractivity contribution < 1.29 is 17.6 Å². The number of rotatable bonds is 7. The number of halogens is 1. The fraction of sp³-hybridized carbons (Fsp3) is 0.167. The number of aromatic nitrogens is 6. The summed E-state index contributed by atoms with van der Waals surface area (Å²) in [5.74, 6) is -0.891. The monoisotopic (exact) mass is 598 g/mol. The van der Waals surface area contributed by atoms with E-state index in [9.17, 15) is 17.6 Å². The van der Waals surface area contributed by atoms with Crippen molar-refractivity contribution in [3.63, 3.8) is 0 Å². The minimum absolute atomic E-state index is 0.112. The van der Waals surface area contributed by atoms with Gasteiger partial charge in [-0.05, 0) is 59.2 Å². The molecule has 11 nitrogen and oxygen atoms in total. The quantitative estimate of drug-likeness (QED) is 0.199. The predicted molar refractivity (Wildman–Crippen MR) is 163 cm³/mol. The molecule has 0 aliphatic rings. The Bertz CT molecular complexity index is 2140. The first kappa shape index (κ1) is 28.1. The molecule has 0 radical (unpaired) electrons. The van der Waals surface area contributed by atoms with Crippen molar-refractivity contribution in [2.24, 2.45) is 11.7 Å². The number of carbonyl (C=O) groups excluding carboxylic acids is 1. The summed E-state index contributed by atoms with van der Waals surface area (Å²) >= 11 is 0. The summed E-state index contributed by atoms with van der Waals surface area (Å²) in [6.45, 7) is 3.63. The topological polar surface area (TPSA) is 172 Å². The van der Waals surface area contributed by atoms with Crippen LogP contribution in [0.4, 0.5) is 10.1 Å². The Hall–Kier alpha value is -5.01. The zero-order valence-electron chi connectivity index (χ0n) is 23.4. The molecule has 5 N–H and O–H groups in total. The molecule has 6 aromatic rings. The fourth-order valence-electron chi connectivity index (χ4n) is 4.80. The molecule has 1 aromatic carbocycles. The van der Waals surface area contributed by atoms with Crippen LogP contribution in [0.5, 0.6) is 0 Å². The Balaban J connectivity index is 1.41. The Morgan fingerprint density at radius 1 is 1.00 bits per heavy atom. The standard InChI is InChI=1S/C30H27FN8O3S/c1-15(2)30(40)36-20-9-18(12-33-13-20)24-11-23-26(14-35-24)38-39-27(23)25-10-22-21(4-5-34-29(22)37-25)16-6-17(8-19(31)7-16)28(32)43(3,41)42/h4-15,28H,32H2,1-3H3,(H,34,37)(H,36,40)(H,38,39). The SMILES string of the molecule is CC(C)C(=O)Nc1cncc(-c2cc3c(-c4cc5c(-c6cc(F)cc(C(N)S(C)(=O)=O)c6)ccnc5[nH]4)n[nH]c3cn2)c1. The second kappa shape index (κ2) is 10.7. The molecule has 218 valence electrons. The Morgan fingerprint density at radius 3 is 2.58 bits per heavy atom. The number of nitrogens with zero attached hydrogens (tertiary/aromatic N) is 4. The van der Waals surface area contributed by atoms with Crippen molar-refractivity contribution in [3.05, 3.63) is 78.6 Å². The van der Waals surface area contributed by atoms with E-state index >= 15 is 0 Å². The second-order valence-electron chi connectivity index (χ2n) is 10.6. The highest BCUT2D eigenvalue weighted by molar-refractivity contribution is 7.90. The highest BCUT2D eigenvalue weighted by Gasteiger charge is 2.21. The number of pyridine rings is 3. The van der Waals surface area contributed by atoms with Crippen LogP contribution in [0, 0.1) is 11.7 Å². The van der Waals surface area contributed by atoms with Crippen LogP contribution < -0.4 is 11.1 Å². The van der Waals surface area contributed by atoms with Crippen LogP contribution in [0.2, 0.25) is 0 Å². The fourth-order valence-corrected chi connectivity index (χ4v) is 5.43. The molecule has 0 aliphatic carbocycles. The van der Waals surface area contributed by atoms with Gasteiger partial charge in [-0.1, -0.05) is 13.8 Å². The molecule has 1 atom stereocenters. The molecule has 1 unspecified atom stereocenters. The number of nitrogens with two attached hydrogens (primary N) is 1. The number of hydrogen-bond acceptors (Lipinski definition) is 8. The van der Waals surface area contributed by atoms with Crippen molar-refractivity contribution in [2.75, 3.05) is 11.6 Å². The molecular weight excluding hydrogens is 571 g/mol. The molecular formula is C30H27FN8O3S. The number of fused-ring (bicyclic) bond motifs is 2. The van der Waals surface area contributed by atoms with E-state index in [1.54, 1.807) is 36.9 Å². The summed E-state index contributed by atoms with van der Waals surface area (Å²) in [6, 6.07) is 11.3. The number of anilines is 1. The van der Waals surface area contributed by atoms with Gasteiger partial charge in [0.25, 0.3) is 0 Å². The van der Waals surface area contributed by atoms with Crippen LogP contribution in [0.1, 0.15) is 24.8 Å². The second-order valence-corrected chi connectivity index (χ2v) is 12.8. The molecule has 6 rings (SSSR count). The van der Waals surface area contributed by atoms with Gasteiger partial charge in [-0.25, -0.2) is 17.8 Å². The number of hydrogen-bond donors (Lipinski definition) is 4. The van der Waals surface area contributed by atoms with Crippen molar-refractivity contribution in [2.45, 2.75) is 19.2 Å². The maximum absolute atomic E-state index is 14.6. The zero-order valence-corrected chi connectivity index (χ0v) is 24.2. The van der Waals surface area contributed by atoms with E-state index in [0.717, 1.165) is 17.7 Å². The number of sulfone groups is 1. The average molecular weight is 599 g/mol. The molecule has 5 aromatic heterocycles. The minimum atomic E-state index is -3.64. The average Bonchev–Trinajstić information content (AvgIpc) is 3.59. The van der Waals surface area contributed by atoms with Crippen LogP contribution in [0.3, 0.4) is 0 Å². The van der Waals surface area contributed by atoms with Crippen molar-refractivity contribution in [1.29, 1.82) is 0 Å². The minimum Gasteiger partial charge on any atom is -0.338 e. The lowest BCUT2D eigenvalue weighted by Gasteiger charge is -2.12. The van der Waals surface area contributed by atoms with Gasteiger partial charge in [0.05, 0.1) is 35.0 Å². The van der Waals surface area contributed by atoms with Crippen molar-refractivity contribution >= 4 is 43.4 Å². The van der Waals surface area contributed by atoms with Crippen LogP contribution >= 0.6 is 0 Å². The summed E-state index contributed by atoms with van der Waals surface area (Å²) in [5.41, 5.74) is 11.6. The molecule has 5 heterocycles. The summed E-state index contributed by atoms with van der Waals surface area (Å²) in [6.07, 6.45) is 7.52. The predicted octanol–water partition coefficient (Wildman–Crippen LogP) is 4.97. The molecule has 1 amide bonds. The number of amides is 1. The van der Waals surface area contributed by atoms with Gasteiger partial charge in [0, 0.05) is 40.9 Å². The molecule has 0 aliphatic heterocycles. The highest BCUT2D eigenvalue weighted by Crippen LogP contribution is 2.35. The zero-order chi connectivity index (χ0) is 30.5. The van der Waals surface area contributed by atoms with Crippen LogP contribution in [-0.4, -0.2) is 50.7 Å². The molecule has 0 fully saturated rings. The molecule has 0 bridgehead atoms. The molecule has 43 heavy (non-hydrogen) atoms. The summed E-state index contributed by atoms with van der Waals surface area (Å²) in [4.78, 5) is 28.7. The molecule has 0 saturated heterocycles. The van der Waals surface area contributed by atoms with E-state index < -0.39 is 21.0 Å². The van der Waals surface area contributed by atoms with Gasteiger partial charge in [0.2, 0.25) is 5.91 Å². The molecule has 13 heteroatoms. The smallest absolute Gasteiger partial charge is 0.226 e. The van der Waals surface area contributed by atoms with E-state index in [-0.39, 0.29) is 17.4 Å². The first-order chi connectivity index (χ1) is 20.5. The number of carbonyl (C=O) groups is 1. The third-order valence-corrected chi connectivity index (χ3v) is 8.28. The first-order valence-electron chi connectivity index (χ1n) is 13.3. The van der Waals surface area contributed by atoms with E-state index in [1.165, 1.54) is 6.07 Å². The van der Waals surface area contributed by atoms with Crippen LogP contribution in [0.25, 0.3) is 55.7 Å². The van der Waals surface area contributed by atoms with Gasteiger partial charge < -0.3 is 16.0 Å². The molecule has 0 spiro atoms. The van der Waals surface area contributed by atoms with Crippen LogP contribution in [0.15, 0.2) is 67.3 Å². The van der Waals surface area contributed by atoms with E-state index in [2.05, 4.69) is 35.5 Å². The number of nitrogens with one attached hydrogen (secondary N) is 3. The lowest BCUT2D eigenvalue weighted by atomic mass is 10.0. The van der Waals surface area contributed by atoms with Crippen molar-refractivity contribution in [1.82, 2.24) is 30.1 Å². The first-order valence-corrected chi connectivity index (χ1v) is 15.3. The van der Waals surface area contributed by atoms with Gasteiger partial charge in [-0.3, -0.25) is 19.9 Å². The number of benzene rings is 1. The van der Waals surface area contributed by atoms with Gasteiger partial charge in [-0.2, -0.15) is 5.10 Å². The largest absolute Gasteiger partial charge is 0.338 e. The maximum atomic E-state index is 14.6. The lowest BCUT2D eigenvalue weighted by molar-refractivity contribution is -0.118. The maximum Gasteiger partial charge on any atom is 0.226 e. The molecule has 0 saturated carbocycles.